The molecule has 2 aromatic carbocycles. The third-order valence-electron chi connectivity index (χ3n) is 3.64. The SMILES string of the molecule is Cl.Cl.O=[N+]([O-])c1ccc(NCCCn2cncn2)cc1-c1ccccc1. The largest absolute Gasteiger partial charge is 0.385 e. The molecule has 3 rings (SSSR count). The number of hydrogen-bond donors (Lipinski definition) is 1. The van der Waals surface area contributed by atoms with Gasteiger partial charge in [-0.25, -0.2) is 4.98 Å². The summed E-state index contributed by atoms with van der Waals surface area (Å²) < 4.78 is 1.77. The van der Waals surface area contributed by atoms with Gasteiger partial charge in [-0.05, 0) is 24.1 Å². The number of aryl methyl sites for hydroxylation is 1. The van der Waals surface area contributed by atoms with Crippen molar-refractivity contribution in [2.24, 2.45) is 0 Å². The third kappa shape index (κ3) is 5.44. The van der Waals surface area contributed by atoms with Crippen LogP contribution in [0.15, 0.2) is 61.2 Å². The highest BCUT2D eigenvalue weighted by atomic mass is 35.5. The minimum atomic E-state index is -0.350. The van der Waals surface area contributed by atoms with Gasteiger partial charge in [-0.2, -0.15) is 5.10 Å². The van der Waals surface area contributed by atoms with Crippen molar-refractivity contribution in [3.05, 3.63) is 71.3 Å². The Labute approximate surface area is 163 Å². The molecule has 0 aliphatic carbocycles. The predicted octanol–water partition coefficient (Wildman–Crippen LogP) is 4.20. The van der Waals surface area contributed by atoms with E-state index < -0.39 is 0 Å². The van der Waals surface area contributed by atoms with E-state index in [0.29, 0.717) is 5.56 Å². The molecule has 7 nitrogen and oxygen atoms in total. The van der Waals surface area contributed by atoms with Gasteiger partial charge in [-0.1, -0.05) is 30.3 Å². The number of nitrogens with one attached hydrogen (secondary N) is 1. The summed E-state index contributed by atoms with van der Waals surface area (Å²) in [5.41, 5.74) is 2.41. The Bertz CT molecular complexity index is 813. The zero-order valence-corrected chi connectivity index (χ0v) is 15.4. The van der Waals surface area contributed by atoms with Gasteiger partial charge in [0.15, 0.2) is 0 Å². The molecule has 9 heteroatoms. The first kappa shape index (κ1) is 21.4. The number of anilines is 1. The van der Waals surface area contributed by atoms with Crippen molar-refractivity contribution in [3.63, 3.8) is 0 Å². The molecule has 3 aromatic rings. The van der Waals surface area contributed by atoms with E-state index >= 15 is 0 Å². The smallest absolute Gasteiger partial charge is 0.277 e. The molecule has 0 saturated heterocycles. The summed E-state index contributed by atoms with van der Waals surface area (Å²) in [7, 11) is 0. The first-order chi connectivity index (χ1) is 11.7. The number of nitro groups is 1. The molecule has 0 aliphatic heterocycles. The van der Waals surface area contributed by atoms with E-state index in [2.05, 4.69) is 15.4 Å². The highest BCUT2D eigenvalue weighted by Crippen LogP contribution is 2.32. The van der Waals surface area contributed by atoms with E-state index in [4.69, 9.17) is 0 Å². The maximum atomic E-state index is 11.3. The lowest BCUT2D eigenvalue weighted by molar-refractivity contribution is -0.384. The Morgan fingerprint density at radius 2 is 1.88 bits per heavy atom. The molecule has 0 atom stereocenters. The second-order valence-electron chi connectivity index (χ2n) is 5.29. The van der Waals surface area contributed by atoms with Gasteiger partial charge in [0, 0.05) is 24.8 Å². The van der Waals surface area contributed by atoms with Crippen LogP contribution in [-0.4, -0.2) is 26.2 Å². The average molecular weight is 396 g/mol. The molecule has 0 fully saturated rings. The van der Waals surface area contributed by atoms with Crippen molar-refractivity contribution in [2.75, 3.05) is 11.9 Å². The molecular formula is C17H19Cl2N5O2. The highest BCUT2D eigenvalue weighted by Gasteiger charge is 2.15. The molecule has 138 valence electrons. The van der Waals surface area contributed by atoms with Crippen molar-refractivity contribution in [3.8, 4) is 11.1 Å². The third-order valence-corrected chi connectivity index (χ3v) is 3.64. The van der Waals surface area contributed by atoms with Crippen molar-refractivity contribution >= 4 is 36.2 Å². The Balaban J connectivity index is 0.00000169. The molecular weight excluding hydrogens is 377 g/mol. The fourth-order valence-electron chi connectivity index (χ4n) is 2.48. The Kier molecular flexibility index (Phi) is 8.54. The summed E-state index contributed by atoms with van der Waals surface area (Å²) in [5.74, 6) is 0. The molecule has 0 aliphatic rings. The van der Waals surface area contributed by atoms with E-state index in [-0.39, 0.29) is 35.4 Å². The monoisotopic (exact) mass is 395 g/mol. The number of halogens is 2. The maximum absolute atomic E-state index is 11.3. The van der Waals surface area contributed by atoms with Gasteiger partial charge in [-0.3, -0.25) is 14.8 Å². The van der Waals surface area contributed by atoms with Crippen LogP contribution < -0.4 is 5.32 Å². The number of aromatic nitrogens is 3. The van der Waals surface area contributed by atoms with Gasteiger partial charge >= 0.3 is 0 Å². The van der Waals surface area contributed by atoms with Crippen molar-refractivity contribution in [2.45, 2.75) is 13.0 Å². The van der Waals surface area contributed by atoms with Gasteiger partial charge in [0.25, 0.3) is 5.69 Å². The van der Waals surface area contributed by atoms with Crippen LogP contribution in [0.4, 0.5) is 11.4 Å². The van der Waals surface area contributed by atoms with Gasteiger partial charge in [0.1, 0.15) is 12.7 Å². The van der Waals surface area contributed by atoms with Crippen LogP contribution in [0.2, 0.25) is 0 Å². The number of rotatable bonds is 7. The molecule has 1 N–H and O–H groups in total. The van der Waals surface area contributed by atoms with E-state index in [0.717, 1.165) is 30.8 Å². The van der Waals surface area contributed by atoms with Crippen molar-refractivity contribution in [1.29, 1.82) is 0 Å². The number of nitro benzene ring substituents is 1. The second kappa shape index (κ2) is 10.4. The van der Waals surface area contributed by atoms with Crippen LogP contribution in [0.1, 0.15) is 6.42 Å². The number of benzene rings is 2. The molecule has 0 spiro atoms. The summed E-state index contributed by atoms with van der Waals surface area (Å²) in [6, 6.07) is 14.5. The second-order valence-corrected chi connectivity index (χ2v) is 5.29. The quantitative estimate of drug-likeness (QED) is 0.368. The highest BCUT2D eigenvalue weighted by molar-refractivity contribution is 5.85. The van der Waals surface area contributed by atoms with Gasteiger partial charge in [0.2, 0.25) is 0 Å². The molecule has 0 radical (unpaired) electrons. The standard InChI is InChI=1S/C17H17N5O2.2ClH/c23-22(24)17-8-7-15(11-16(17)14-5-2-1-3-6-14)19-9-4-10-21-13-18-12-20-21;;/h1-3,5-8,11-13,19H,4,9-10H2;2*1H. The first-order valence-corrected chi connectivity index (χ1v) is 7.64. The zero-order valence-electron chi connectivity index (χ0n) is 13.8. The van der Waals surface area contributed by atoms with Crippen LogP contribution in [0.3, 0.4) is 0 Å². The Hall–Kier alpha value is -2.64. The molecule has 26 heavy (non-hydrogen) atoms. The minimum absolute atomic E-state index is 0. The number of hydrogen-bond acceptors (Lipinski definition) is 5. The number of nitrogens with zero attached hydrogens (tertiary/aromatic N) is 4. The molecule has 1 heterocycles. The zero-order chi connectivity index (χ0) is 16.8. The van der Waals surface area contributed by atoms with E-state index in [1.807, 2.05) is 36.4 Å². The minimum Gasteiger partial charge on any atom is -0.385 e. The molecule has 0 bridgehead atoms. The molecule has 0 unspecified atom stereocenters. The van der Waals surface area contributed by atoms with Crippen molar-refractivity contribution in [1.82, 2.24) is 14.8 Å². The summed E-state index contributed by atoms with van der Waals surface area (Å²) in [6.45, 7) is 1.51. The van der Waals surface area contributed by atoms with Crippen LogP contribution in [0, 0.1) is 10.1 Å². The van der Waals surface area contributed by atoms with Gasteiger partial charge < -0.3 is 5.32 Å². The summed E-state index contributed by atoms with van der Waals surface area (Å²) in [5, 5.41) is 18.6. The van der Waals surface area contributed by atoms with Gasteiger partial charge in [0.05, 0.1) is 10.5 Å². The summed E-state index contributed by atoms with van der Waals surface area (Å²) in [6.07, 6.45) is 4.07. The van der Waals surface area contributed by atoms with Crippen LogP contribution in [0.5, 0.6) is 0 Å². The topological polar surface area (TPSA) is 85.9 Å². The fourth-order valence-corrected chi connectivity index (χ4v) is 2.48. The fraction of sp³-hybridized carbons (Fsp3) is 0.176. The maximum Gasteiger partial charge on any atom is 0.277 e. The lowest BCUT2D eigenvalue weighted by atomic mass is 10.0. The van der Waals surface area contributed by atoms with Crippen molar-refractivity contribution < 1.29 is 4.92 Å². The normalized spacial score (nSPS) is 9.69. The van der Waals surface area contributed by atoms with Crippen LogP contribution in [-0.2, 0) is 6.54 Å². The molecule has 1 aromatic heterocycles. The predicted molar refractivity (Wildman–Crippen MR) is 106 cm³/mol. The molecule has 0 saturated carbocycles. The molecule has 0 amide bonds. The van der Waals surface area contributed by atoms with E-state index in [9.17, 15) is 10.1 Å². The average Bonchev–Trinajstić information content (AvgIpc) is 3.12. The summed E-state index contributed by atoms with van der Waals surface area (Å²) in [4.78, 5) is 14.8. The Morgan fingerprint density at radius 3 is 2.54 bits per heavy atom. The van der Waals surface area contributed by atoms with E-state index in [1.54, 1.807) is 23.1 Å². The lowest BCUT2D eigenvalue weighted by Gasteiger charge is -2.09. The van der Waals surface area contributed by atoms with Crippen LogP contribution in [0.25, 0.3) is 11.1 Å². The Morgan fingerprint density at radius 1 is 1.12 bits per heavy atom. The van der Waals surface area contributed by atoms with E-state index in [1.165, 1.54) is 6.33 Å². The van der Waals surface area contributed by atoms with Crippen LogP contribution >= 0.6 is 24.8 Å². The first-order valence-electron chi connectivity index (χ1n) is 7.64. The summed E-state index contributed by atoms with van der Waals surface area (Å²) >= 11 is 0. The van der Waals surface area contributed by atoms with Gasteiger partial charge in [-0.15, -0.1) is 24.8 Å². The lowest BCUT2D eigenvalue weighted by Crippen LogP contribution is -2.07.